The van der Waals surface area contributed by atoms with Gasteiger partial charge in [-0.05, 0) is 58.2 Å². The summed E-state index contributed by atoms with van der Waals surface area (Å²) < 4.78 is 28.1. The Labute approximate surface area is 126 Å². The van der Waals surface area contributed by atoms with Crippen LogP contribution in [0.15, 0.2) is 39.3 Å². The molecule has 5 heteroatoms. The zero-order valence-corrected chi connectivity index (χ0v) is 13.1. The van der Waals surface area contributed by atoms with Crippen LogP contribution in [0.1, 0.15) is 22.8 Å². The number of hydrogen-bond donors (Lipinski definition) is 1. The zero-order chi connectivity index (χ0) is 14.2. The van der Waals surface area contributed by atoms with Gasteiger partial charge in [-0.15, -0.1) is 0 Å². The van der Waals surface area contributed by atoms with Gasteiger partial charge in [0.15, 0.2) is 0 Å². The Morgan fingerprint density at radius 1 is 1.00 bits per heavy atom. The number of rotatable bonds is 2. The van der Waals surface area contributed by atoms with Crippen LogP contribution in [0.3, 0.4) is 0 Å². The van der Waals surface area contributed by atoms with Gasteiger partial charge in [0.05, 0.1) is 4.47 Å². The molecular formula is C14H10Br2F2O. The van der Waals surface area contributed by atoms with E-state index < -0.39 is 17.7 Å². The summed E-state index contributed by atoms with van der Waals surface area (Å²) in [6.07, 6.45) is -1.21. The van der Waals surface area contributed by atoms with Gasteiger partial charge in [0.1, 0.15) is 17.7 Å². The third-order valence-electron chi connectivity index (χ3n) is 2.87. The lowest BCUT2D eigenvalue weighted by Gasteiger charge is -2.16. The molecule has 0 heterocycles. The van der Waals surface area contributed by atoms with Gasteiger partial charge in [-0.1, -0.05) is 22.0 Å². The van der Waals surface area contributed by atoms with E-state index in [1.54, 1.807) is 19.1 Å². The molecule has 1 nitrogen and oxygen atoms in total. The van der Waals surface area contributed by atoms with Crippen LogP contribution in [-0.2, 0) is 0 Å². The molecule has 100 valence electrons. The lowest BCUT2D eigenvalue weighted by atomic mass is 9.97. The van der Waals surface area contributed by atoms with Crippen molar-refractivity contribution in [1.82, 2.24) is 0 Å². The van der Waals surface area contributed by atoms with Crippen molar-refractivity contribution in [3.05, 3.63) is 67.6 Å². The molecular weight excluding hydrogens is 382 g/mol. The SMILES string of the molecule is Cc1ccc(Br)cc1C(O)c1cc(F)c(Br)cc1F. The van der Waals surface area contributed by atoms with Crippen molar-refractivity contribution in [2.24, 2.45) is 0 Å². The Morgan fingerprint density at radius 2 is 1.68 bits per heavy atom. The summed E-state index contributed by atoms with van der Waals surface area (Å²) in [5.41, 5.74) is 1.26. The van der Waals surface area contributed by atoms with E-state index in [4.69, 9.17) is 0 Å². The second-order valence-corrected chi connectivity index (χ2v) is 5.96. The molecule has 0 amide bonds. The molecule has 0 bridgehead atoms. The van der Waals surface area contributed by atoms with Crippen LogP contribution in [-0.4, -0.2) is 5.11 Å². The maximum absolute atomic E-state index is 13.8. The van der Waals surface area contributed by atoms with Crippen LogP contribution in [0, 0.1) is 18.6 Å². The van der Waals surface area contributed by atoms with Crippen LogP contribution >= 0.6 is 31.9 Å². The number of aryl methyl sites for hydroxylation is 1. The predicted octanol–water partition coefficient (Wildman–Crippen LogP) is 4.88. The fraction of sp³-hybridized carbons (Fsp3) is 0.143. The van der Waals surface area contributed by atoms with Crippen molar-refractivity contribution in [2.75, 3.05) is 0 Å². The van der Waals surface area contributed by atoms with Gasteiger partial charge in [0.25, 0.3) is 0 Å². The van der Waals surface area contributed by atoms with Gasteiger partial charge in [-0.25, -0.2) is 8.78 Å². The van der Waals surface area contributed by atoms with Gasteiger partial charge in [-0.2, -0.15) is 0 Å². The number of aliphatic hydroxyl groups excluding tert-OH is 1. The maximum Gasteiger partial charge on any atom is 0.137 e. The maximum atomic E-state index is 13.8. The van der Waals surface area contributed by atoms with Crippen molar-refractivity contribution in [2.45, 2.75) is 13.0 Å². The van der Waals surface area contributed by atoms with E-state index in [2.05, 4.69) is 31.9 Å². The van der Waals surface area contributed by atoms with Gasteiger partial charge in [0, 0.05) is 10.0 Å². The van der Waals surface area contributed by atoms with Gasteiger partial charge >= 0.3 is 0 Å². The van der Waals surface area contributed by atoms with E-state index in [0.29, 0.717) is 5.56 Å². The zero-order valence-electron chi connectivity index (χ0n) is 9.92. The topological polar surface area (TPSA) is 20.2 Å². The lowest BCUT2D eigenvalue weighted by Crippen LogP contribution is -2.05. The molecule has 1 atom stereocenters. The summed E-state index contributed by atoms with van der Waals surface area (Å²) in [5.74, 6) is -1.26. The minimum atomic E-state index is -1.21. The summed E-state index contributed by atoms with van der Waals surface area (Å²) in [4.78, 5) is 0. The largest absolute Gasteiger partial charge is 0.384 e. The molecule has 0 aliphatic heterocycles. The van der Waals surface area contributed by atoms with E-state index >= 15 is 0 Å². The van der Waals surface area contributed by atoms with Crippen molar-refractivity contribution < 1.29 is 13.9 Å². The van der Waals surface area contributed by atoms with Crippen molar-refractivity contribution in [1.29, 1.82) is 0 Å². The molecule has 1 unspecified atom stereocenters. The van der Waals surface area contributed by atoms with Crippen molar-refractivity contribution in [3.63, 3.8) is 0 Å². The predicted molar refractivity (Wildman–Crippen MR) is 77.0 cm³/mol. The highest BCUT2D eigenvalue weighted by molar-refractivity contribution is 9.10. The second kappa shape index (κ2) is 5.69. The lowest BCUT2D eigenvalue weighted by molar-refractivity contribution is 0.213. The highest BCUT2D eigenvalue weighted by Gasteiger charge is 2.19. The highest BCUT2D eigenvalue weighted by atomic mass is 79.9. The molecule has 0 aliphatic carbocycles. The Kier molecular flexibility index (Phi) is 4.38. The first kappa shape index (κ1) is 14.6. The standard InChI is InChI=1S/C14H10Br2F2O/c1-7-2-3-8(15)4-9(7)14(19)10-5-13(18)11(16)6-12(10)17/h2-6,14,19H,1H3. The minimum Gasteiger partial charge on any atom is -0.384 e. The third kappa shape index (κ3) is 3.04. The van der Waals surface area contributed by atoms with Gasteiger partial charge in [0.2, 0.25) is 0 Å². The van der Waals surface area contributed by atoms with Crippen LogP contribution in [0.2, 0.25) is 0 Å². The number of benzene rings is 2. The van der Waals surface area contributed by atoms with E-state index in [1.165, 1.54) is 0 Å². The van der Waals surface area contributed by atoms with E-state index in [-0.39, 0.29) is 10.0 Å². The van der Waals surface area contributed by atoms with Gasteiger partial charge in [-0.3, -0.25) is 0 Å². The van der Waals surface area contributed by atoms with E-state index in [0.717, 1.165) is 22.2 Å². The molecule has 2 aromatic carbocycles. The highest BCUT2D eigenvalue weighted by Crippen LogP contribution is 2.31. The molecule has 19 heavy (non-hydrogen) atoms. The molecule has 1 N–H and O–H groups in total. The van der Waals surface area contributed by atoms with Crippen LogP contribution < -0.4 is 0 Å². The van der Waals surface area contributed by atoms with Crippen molar-refractivity contribution >= 4 is 31.9 Å². The Morgan fingerprint density at radius 3 is 2.37 bits per heavy atom. The monoisotopic (exact) mass is 390 g/mol. The van der Waals surface area contributed by atoms with Gasteiger partial charge < -0.3 is 5.11 Å². The summed E-state index contributed by atoms with van der Waals surface area (Å²) in [7, 11) is 0. The summed E-state index contributed by atoms with van der Waals surface area (Å²) in [6, 6.07) is 7.34. The average molecular weight is 392 g/mol. The first-order valence-electron chi connectivity index (χ1n) is 5.48. The molecule has 0 spiro atoms. The van der Waals surface area contributed by atoms with E-state index in [9.17, 15) is 13.9 Å². The fourth-order valence-corrected chi connectivity index (χ4v) is 2.52. The van der Waals surface area contributed by atoms with Crippen LogP contribution in [0.4, 0.5) is 8.78 Å². The Hall–Kier alpha value is -0.780. The smallest absolute Gasteiger partial charge is 0.137 e. The third-order valence-corrected chi connectivity index (χ3v) is 3.97. The number of hydrogen-bond acceptors (Lipinski definition) is 1. The molecule has 0 radical (unpaired) electrons. The summed E-state index contributed by atoms with van der Waals surface area (Å²) in [5, 5.41) is 10.3. The normalized spacial score (nSPS) is 12.5. The van der Waals surface area contributed by atoms with Crippen LogP contribution in [0.25, 0.3) is 0 Å². The summed E-state index contributed by atoms with van der Waals surface area (Å²) >= 11 is 6.20. The molecule has 0 fully saturated rings. The quantitative estimate of drug-likeness (QED) is 0.723. The molecule has 2 aromatic rings. The summed E-state index contributed by atoms with van der Waals surface area (Å²) in [6.45, 7) is 1.80. The molecule has 0 saturated carbocycles. The second-order valence-electron chi connectivity index (χ2n) is 4.19. The Balaban J connectivity index is 2.52. The fourth-order valence-electron chi connectivity index (χ4n) is 1.82. The number of aliphatic hydroxyl groups is 1. The molecule has 0 saturated heterocycles. The first-order valence-corrected chi connectivity index (χ1v) is 7.07. The van der Waals surface area contributed by atoms with E-state index in [1.807, 2.05) is 6.07 Å². The van der Waals surface area contributed by atoms with Crippen LogP contribution in [0.5, 0.6) is 0 Å². The van der Waals surface area contributed by atoms with Crippen molar-refractivity contribution in [3.8, 4) is 0 Å². The number of halogens is 4. The first-order chi connectivity index (χ1) is 8.90. The molecule has 0 aromatic heterocycles. The molecule has 0 aliphatic rings. The molecule has 2 rings (SSSR count). The average Bonchev–Trinajstić information content (AvgIpc) is 2.36. The minimum absolute atomic E-state index is 0.0342. The Bertz CT molecular complexity index is 629.